The van der Waals surface area contributed by atoms with Gasteiger partial charge in [-0.05, 0) is 42.6 Å². The largest absolute Gasteiger partial charge is 0.354 e. The van der Waals surface area contributed by atoms with Gasteiger partial charge in [0.05, 0.1) is 24.7 Å². The quantitative estimate of drug-likeness (QED) is 0.682. The third-order valence-corrected chi connectivity index (χ3v) is 6.39. The van der Waals surface area contributed by atoms with Crippen LogP contribution >= 0.6 is 11.3 Å². The molecule has 0 aliphatic carbocycles. The number of anilines is 1. The summed E-state index contributed by atoms with van der Waals surface area (Å²) in [6.45, 7) is 2.51. The minimum absolute atomic E-state index is 0.00847. The number of rotatable bonds is 3. The second-order valence-corrected chi connectivity index (χ2v) is 9.66. The number of nitrogens with one attached hydrogen (secondary N) is 1. The summed E-state index contributed by atoms with van der Waals surface area (Å²) < 4.78 is 27.9. The first-order valence-corrected chi connectivity index (χ1v) is 11.2. The molecule has 8 heteroatoms. The topological polar surface area (TPSA) is 68.2 Å². The van der Waals surface area contributed by atoms with Gasteiger partial charge in [-0.2, -0.15) is 0 Å². The first-order valence-electron chi connectivity index (χ1n) is 8.43. The molecule has 0 radical (unpaired) electrons. The third-order valence-electron chi connectivity index (χ3n) is 4.88. The number of hydrogen-bond acceptors (Lipinski definition) is 4. The number of aryl methyl sites for hydroxylation is 1. The number of fused-ring (bicyclic) bond motifs is 3. The molecule has 2 aromatic heterocycles. The second kappa shape index (κ2) is 6.05. The highest BCUT2D eigenvalue weighted by molar-refractivity contribution is 7.92. The monoisotopic (exact) mass is 402 g/mol. The van der Waals surface area contributed by atoms with Crippen molar-refractivity contribution in [1.82, 2.24) is 9.05 Å². The van der Waals surface area contributed by atoms with E-state index in [1.54, 1.807) is 29.5 Å². The zero-order chi connectivity index (χ0) is 19.4. The fourth-order valence-corrected chi connectivity index (χ4v) is 5.14. The lowest BCUT2D eigenvalue weighted by atomic mass is 10.1. The van der Waals surface area contributed by atoms with Crippen LogP contribution in [0.2, 0.25) is 0 Å². The molecule has 3 heterocycles. The summed E-state index contributed by atoms with van der Waals surface area (Å²) in [5.41, 5.74) is 4.00. The molecule has 4 rings (SSSR count). The van der Waals surface area contributed by atoms with Crippen LogP contribution in [0.3, 0.4) is 0 Å². The number of carbonyl (C=O) groups excluding carboxylic acids is 1. The molecule has 1 aliphatic rings. The number of benzene rings is 1. The van der Waals surface area contributed by atoms with Crippen molar-refractivity contribution in [2.45, 2.75) is 13.5 Å². The van der Waals surface area contributed by atoms with Crippen LogP contribution in [0.4, 0.5) is 11.4 Å². The van der Waals surface area contributed by atoms with Crippen molar-refractivity contribution in [3.8, 4) is 5.00 Å². The Hall–Kier alpha value is -2.42. The SMILES string of the molecule is Cc1ccc2n1-c1sccc1C(=O)[N+](C)(c1cccc(NS(C)(=O)=O)c1)C2. The van der Waals surface area contributed by atoms with Gasteiger partial charge in [-0.3, -0.25) is 4.72 Å². The number of amides is 1. The van der Waals surface area contributed by atoms with Gasteiger partial charge in [0.25, 0.3) is 0 Å². The van der Waals surface area contributed by atoms with Gasteiger partial charge in [0, 0.05) is 11.8 Å². The van der Waals surface area contributed by atoms with Crippen LogP contribution in [-0.4, -0.2) is 32.2 Å². The maximum atomic E-state index is 13.5. The van der Waals surface area contributed by atoms with E-state index in [1.807, 2.05) is 37.6 Å². The highest BCUT2D eigenvalue weighted by atomic mass is 32.2. The molecular weight excluding hydrogens is 382 g/mol. The van der Waals surface area contributed by atoms with Crippen LogP contribution in [0.1, 0.15) is 21.7 Å². The van der Waals surface area contributed by atoms with Gasteiger partial charge >= 0.3 is 5.91 Å². The average Bonchev–Trinajstić information content (AvgIpc) is 3.17. The normalized spacial score (nSPS) is 19.3. The Balaban J connectivity index is 1.89. The maximum Gasteiger partial charge on any atom is 0.354 e. The summed E-state index contributed by atoms with van der Waals surface area (Å²) in [5, 5.41) is 2.87. The minimum Gasteiger partial charge on any atom is -0.303 e. The molecule has 1 unspecified atom stereocenters. The summed E-state index contributed by atoms with van der Waals surface area (Å²) in [7, 11) is -1.52. The highest BCUT2D eigenvalue weighted by Crippen LogP contribution is 2.37. The molecule has 140 valence electrons. The van der Waals surface area contributed by atoms with E-state index < -0.39 is 10.0 Å². The summed E-state index contributed by atoms with van der Waals surface area (Å²) in [4.78, 5) is 13.5. The fourth-order valence-electron chi connectivity index (χ4n) is 3.60. The van der Waals surface area contributed by atoms with Crippen molar-refractivity contribution in [2.24, 2.45) is 0 Å². The Morgan fingerprint density at radius 2 is 1.96 bits per heavy atom. The Bertz CT molecular complexity index is 1160. The number of aromatic nitrogens is 1. The summed E-state index contributed by atoms with van der Waals surface area (Å²) in [6.07, 6.45) is 1.11. The maximum absolute atomic E-state index is 13.5. The molecule has 0 bridgehead atoms. The number of quaternary nitrogens is 1. The van der Waals surface area contributed by atoms with Crippen LogP contribution in [0, 0.1) is 6.92 Å². The van der Waals surface area contributed by atoms with Crippen molar-refractivity contribution in [1.29, 1.82) is 0 Å². The lowest BCUT2D eigenvalue weighted by molar-refractivity contribution is 0.0794. The molecule has 1 aliphatic heterocycles. The number of carbonyl (C=O) groups is 1. The third kappa shape index (κ3) is 2.99. The molecule has 1 aromatic carbocycles. The first kappa shape index (κ1) is 18.0. The van der Waals surface area contributed by atoms with Gasteiger partial charge in [-0.15, -0.1) is 11.3 Å². The van der Waals surface area contributed by atoms with Crippen LogP contribution in [0.15, 0.2) is 47.8 Å². The Kier molecular flexibility index (Phi) is 4.03. The molecule has 3 aromatic rings. The van der Waals surface area contributed by atoms with E-state index in [-0.39, 0.29) is 10.4 Å². The van der Waals surface area contributed by atoms with Crippen LogP contribution in [0.5, 0.6) is 0 Å². The molecular formula is C19H20N3O3S2+. The van der Waals surface area contributed by atoms with E-state index in [4.69, 9.17) is 0 Å². The lowest BCUT2D eigenvalue weighted by Gasteiger charge is -2.30. The van der Waals surface area contributed by atoms with Crippen molar-refractivity contribution < 1.29 is 13.2 Å². The number of hydrogen-bond donors (Lipinski definition) is 1. The Morgan fingerprint density at radius 1 is 1.19 bits per heavy atom. The van der Waals surface area contributed by atoms with Crippen LogP contribution in [-0.2, 0) is 16.6 Å². The fraction of sp³-hybridized carbons (Fsp3) is 0.211. The highest BCUT2D eigenvalue weighted by Gasteiger charge is 2.41. The van der Waals surface area contributed by atoms with Gasteiger partial charge in [0.2, 0.25) is 10.0 Å². The van der Waals surface area contributed by atoms with E-state index in [9.17, 15) is 13.2 Å². The van der Waals surface area contributed by atoms with Crippen molar-refractivity contribution >= 4 is 38.6 Å². The van der Waals surface area contributed by atoms with Crippen molar-refractivity contribution in [2.75, 3.05) is 18.0 Å². The summed E-state index contributed by atoms with van der Waals surface area (Å²) in [6, 6.07) is 13.0. The van der Waals surface area contributed by atoms with Crippen LogP contribution < -0.4 is 9.21 Å². The van der Waals surface area contributed by atoms with E-state index >= 15 is 0 Å². The Morgan fingerprint density at radius 3 is 2.70 bits per heavy atom. The molecule has 1 atom stereocenters. The van der Waals surface area contributed by atoms with E-state index in [0.29, 0.717) is 17.8 Å². The van der Waals surface area contributed by atoms with Gasteiger partial charge < -0.3 is 4.57 Å². The number of thiophene rings is 1. The molecule has 0 fully saturated rings. The molecule has 0 saturated carbocycles. The van der Waals surface area contributed by atoms with E-state index in [1.165, 1.54) is 0 Å². The standard InChI is InChI=1S/C19H20N3O3S2/c1-13-7-8-15-12-22(2,19(23)17-9-10-26-18(17)21(13)15)16-6-4-5-14(11-16)20-27(3,24)25/h4-11,20H,12H2,1-3H3/q+1. The zero-order valence-corrected chi connectivity index (χ0v) is 16.9. The molecule has 6 nitrogen and oxygen atoms in total. The van der Waals surface area contributed by atoms with E-state index in [0.717, 1.165) is 28.3 Å². The molecule has 1 amide bonds. The smallest absolute Gasteiger partial charge is 0.303 e. The minimum atomic E-state index is -3.39. The number of nitrogens with zero attached hydrogens (tertiary/aromatic N) is 2. The first-order chi connectivity index (χ1) is 12.7. The summed E-state index contributed by atoms with van der Waals surface area (Å²) >= 11 is 1.55. The molecule has 0 spiro atoms. The van der Waals surface area contributed by atoms with Gasteiger partial charge in [0.15, 0.2) is 0 Å². The van der Waals surface area contributed by atoms with Crippen molar-refractivity contribution in [3.63, 3.8) is 0 Å². The van der Waals surface area contributed by atoms with Crippen LogP contribution in [0.25, 0.3) is 5.00 Å². The van der Waals surface area contributed by atoms with Gasteiger partial charge in [0.1, 0.15) is 22.8 Å². The predicted molar refractivity (Wildman–Crippen MR) is 109 cm³/mol. The number of sulfonamides is 1. The lowest BCUT2D eigenvalue weighted by Crippen LogP contribution is -2.49. The summed E-state index contributed by atoms with van der Waals surface area (Å²) in [5.74, 6) is -0.00847. The predicted octanol–water partition coefficient (Wildman–Crippen LogP) is 3.51. The molecule has 0 saturated heterocycles. The van der Waals surface area contributed by atoms with E-state index in [2.05, 4.69) is 15.4 Å². The van der Waals surface area contributed by atoms with Gasteiger partial charge in [-0.1, -0.05) is 6.07 Å². The molecule has 1 N–H and O–H groups in total. The average molecular weight is 403 g/mol. The van der Waals surface area contributed by atoms with Gasteiger partial charge in [-0.25, -0.2) is 17.7 Å². The van der Waals surface area contributed by atoms with Crippen molar-refractivity contribution in [3.05, 3.63) is 64.8 Å². The molecule has 27 heavy (non-hydrogen) atoms. The zero-order valence-electron chi connectivity index (χ0n) is 15.3. The Labute approximate surface area is 162 Å². The second-order valence-electron chi connectivity index (χ2n) is 7.02.